The van der Waals surface area contributed by atoms with Crippen molar-refractivity contribution in [2.45, 2.75) is 32.9 Å². The summed E-state index contributed by atoms with van der Waals surface area (Å²) in [6.07, 6.45) is 1.50. The smallest absolute Gasteiger partial charge is 0.265 e. The number of rotatable bonds is 3. The summed E-state index contributed by atoms with van der Waals surface area (Å²) in [6.45, 7) is 4.78. The molecule has 94 valence electrons. The van der Waals surface area contributed by atoms with E-state index in [0.717, 1.165) is 23.5 Å². The highest BCUT2D eigenvalue weighted by Gasteiger charge is 2.29. The van der Waals surface area contributed by atoms with Crippen molar-refractivity contribution in [3.8, 4) is 0 Å². The molecule has 0 radical (unpaired) electrons. The molecule has 1 atom stereocenters. The third-order valence-corrected chi connectivity index (χ3v) is 2.88. The maximum Gasteiger partial charge on any atom is 0.265 e. The van der Waals surface area contributed by atoms with Gasteiger partial charge in [-0.15, -0.1) is 12.4 Å². The van der Waals surface area contributed by atoms with Crippen LogP contribution < -0.4 is 0 Å². The first-order valence-electron chi connectivity index (χ1n) is 5.08. The van der Waals surface area contributed by atoms with Crippen molar-refractivity contribution >= 4 is 35.0 Å². The fourth-order valence-electron chi connectivity index (χ4n) is 1.71. The molecule has 0 spiro atoms. The van der Waals surface area contributed by atoms with E-state index < -0.39 is 11.3 Å². The molecule has 0 N–H and O–H groups in total. The molecule has 5 nitrogen and oxygen atoms in total. The molecule has 17 heavy (non-hydrogen) atoms. The van der Waals surface area contributed by atoms with E-state index in [-0.39, 0.29) is 12.4 Å². The van der Waals surface area contributed by atoms with Gasteiger partial charge >= 0.3 is 0 Å². The van der Waals surface area contributed by atoms with E-state index >= 15 is 0 Å². The Morgan fingerprint density at radius 2 is 2.41 bits per heavy atom. The summed E-state index contributed by atoms with van der Waals surface area (Å²) in [4.78, 5) is 15.9. The third-order valence-electron chi connectivity index (χ3n) is 2.64. The average molecular weight is 278 g/mol. The Bertz CT molecular complexity index is 456. The molecule has 1 aliphatic heterocycles. The van der Waals surface area contributed by atoms with Crippen LogP contribution in [0.25, 0.3) is 0 Å². The van der Waals surface area contributed by atoms with Crippen LogP contribution in [0.3, 0.4) is 0 Å². The minimum absolute atomic E-state index is 0. The Morgan fingerprint density at radius 3 is 2.88 bits per heavy atom. The van der Waals surface area contributed by atoms with Crippen molar-refractivity contribution in [3.63, 3.8) is 0 Å². The van der Waals surface area contributed by atoms with E-state index in [4.69, 9.17) is 16.4 Å². The highest BCUT2D eigenvalue weighted by molar-refractivity contribution is 6.64. The quantitative estimate of drug-likeness (QED) is 0.793. The number of carbonyl (C=O) groups is 1. The van der Waals surface area contributed by atoms with E-state index in [1.165, 1.54) is 0 Å². The van der Waals surface area contributed by atoms with Gasteiger partial charge in [0.1, 0.15) is 0 Å². The molecule has 0 aromatic carbocycles. The Balaban J connectivity index is 0.00000144. The van der Waals surface area contributed by atoms with Gasteiger partial charge < -0.3 is 4.84 Å². The Hall–Kier alpha value is -1.07. The van der Waals surface area contributed by atoms with Crippen LogP contribution in [0, 0.1) is 6.92 Å². The van der Waals surface area contributed by atoms with E-state index in [9.17, 15) is 4.79 Å². The van der Waals surface area contributed by atoms with Gasteiger partial charge in [0, 0.05) is 24.2 Å². The third kappa shape index (κ3) is 2.61. The van der Waals surface area contributed by atoms with Crippen molar-refractivity contribution in [1.82, 2.24) is 9.78 Å². The maximum absolute atomic E-state index is 10.9. The number of aryl methyl sites for hydroxylation is 1. The Labute approximate surface area is 110 Å². The normalized spacial score (nSPS) is 18.3. The lowest BCUT2D eigenvalue weighted by Gasteiger charge is -2.01. The summed E-state index contributed by atoms with van der Waals surface area (Å²) in [7, 11) is 0. The number of aromatic nitrogens is 2. The average Bonchev–Trinajstić information content (AvgIpc) is 2.83. The molecule has 1 aliphatic rings. The van der Waals surface area contributed by atoms with Crippen molar-refractivity contribution < 1.29 is 9.63 Å². The van der Waals surface area contributed by atoms with Crippen LogP contribution in [-0.2, 0) is 16.2 Å². The highest BCUT2D eigenvalue weighted by atomic mass is 35.5. The van der Waals surface area contributed by atoms with Crippen molar-refractivity contribution in [2.24, 2.45) is 5.16 Å². The largest absolute Gasteiger partial charge is 0.382 e. The number of carbonyl (C=O) groups excluding carboxylic acids is 1. The van der Waals surface area contributed by atoms with Crippen LogP contribution in [0.15, 0.2) is 11.4 Å². The molecule has 0 saturated heterocycles. The number of halogens is 2. The molecule has 0 aliphatic carbocycles. The van der Waals surface area contributed by atoms with Gasteiger partial charge in [-0.1, -0.05) is 5.16 Å². The second kappa shape index (κ2) is 5.51. The van der Waals surface area contributed by atoms with Gasteiger partial charge in [-0.05, 0) is 25.4 Å². The summed E-state index contributed by atoms with van der Waals surface area (Å²) >= 11 is 5.35. The Morgan fingerprint density at radius 1 is 1.71 bits per heavy atom. The molecule has 7 heteroatoms. The Kier molecular flexibility index (Phi) is 4.54. The predicted octanol–water partition coefficient (Wildman–Crippen LogP) is 1.89. The fourth-order valence-corrected chi connectivity index (χ4v) is 1.82. The molecule has 0 saturated carbocycles. The first-order valence-corrected chi connectivity index (χ1v) is 5.46. The predicted molar refractivity (Wildman–Crippen MR) is 66.8 cm³/mol. The first-order chi connectivity index (χ1) is 7.63. The van der Waals surface area contributed by atoms with Crippen LogP contribution >= 0.6 is 24.0 Å². The van der Waals surface area contributed by atoms with Crippen LogP contribution in [0.2, 0.25) is 0 Å². The molecule has 0 amide bonds. The van der Waals surface area contributed by atoms with Crippen molar-refractivity contribution in [3.05, 3.63) is 17.5 Å². The minimum atomic E-state index is -0.652. The molecule has 1 aromatic heterocycles. The number of oxime groups is 1. The van der Waals surface area contributed by atoms with Crippen LogP contribution in [0.4, 0.5) is 0 Å². The van der Waals surface area contributed by atoms with E-state index in [2.05, 4.69) is 10.3 Å². The first kappa shape index (κ1) is 14.0. The molecular formula is C10H13Cl2N3O2. The zero-order valence-corrected chi connectivity index (χ0v) is 11.1. The lowest BCUT2D eigenvalue weighted by molar-refractivity contribution is -0.120. The molecule has 1 aromatic rings. The second-order valence-electron chi connectivity index (χ2n) is 3.60. The summed E-state index contributed by atoms with van der Waals surface area (Å²) in [5.74, 6) is 0. The number of nitrogens with zero attached hydrogens (tertiary/aromatic N) is 3. The van der Waals surface area contributed by atoms with Gasteiger partial charge in [-0.3, -0.25) is 9.48 Å². The zero-order chi connectivity index (χ0) is 11.7. The van der Waals surface area contributed by atoms with Gasteiger partial charge in [-0.2, -0.15) is 5.10 Å². The molecule has 2 heterocycles. The van der Waals surface area contributed by atoms with Crippen molar-refractivity contribution in [2.75, 3.05) is 0 Å². The van der Waals surface area contributed by atoms with E-state index in [1.54, 1.807) is 6.20 Å². The van der Waals surface area contributed by atoms with Gasteiger partial charge in [-0.25, -0.2) is 0 Å². The van der Waals surface area contributed by atoms with Crippen molar-refractivity contribution in [1.29, 1.82) is 0 Å². The lowest BCUT2D eigenvalue weighted by atomic mass is 10.1. The van der Waals surface area contributed by atoms with Gasteiger partial charge in [0.25, 0.3) is 5.24 Å². The van der Waals surface area contributed by atoms with Gasteiger partial charge in [0.05, 0.1) is 11.9 Å². The van der Waals surface area contributed by atoms with Crippen LogP contribution in [0.1, 0.15) is 24.6 Å². The zero-order valence-electron chi connectivity index (χ0n) is 9.51. The molecule has 2 rings (SSSR count). The van der Waals surface area contributed by atoms with E-state index in [0.29, 0.717) is 6.42 Å². The fraction of sp³-hybridized carbons (Fsp3) is 0.500. The second-order valence-corrected chi connectivity index (χ2v) is 3.97. The lowest BCUT2D eigenvalue weighted by Crippen LogP contribution is -2.15. The molecule has 0 fully saturated rings. The summed E-state index contributed by atoms with van der Waals surface area (Å²) < 4.78 is 1.87. The van der Waals surface area contributed by atoms with Crippen LogP contribution in [-0.4, -0.2) is 26.8 Å². The SMILES string of the molecule is CCn1ncc(C2=NOC(C(=O)Cl)C2)c1C.Cl. The van der Waals surface area contributed by atoms with Gasteiger partial charge in [0.15, 0.2) is 0 Å². The monoisotopic (exact) mass is 277 g/mol. The number of hydrogen-bond donors (Lipinski definition) is 0. The minimum Gasteiger partial charge on any atom is -0.382 e. The topological polar surface area (TPSA) is 56.5 Å². The summed E-state index contributed by atoms with van der Waals surface area (Å²) in [6, 6.07) is 0. The maximum atomic E-state index is 10.9. The molecule has 0 bridgehead atoms. The molecule has 1 unspecified atom stereocenters. The van der Waals surface area contributed by atoms with E-state index in [1.807, 2.05) is 18.5 Å². The molecular weight excluding hydrogens is 265 g/mol. The summed E-state index contributed by atoms with van der Waals surface area (Å²) in [5.41, 5.74) is 2.67. The van der Waals surface area contributed by atoms with Gasteiger partial charge in [0.2, 0.25) is 6.10 Å². The summed E-state index contributed by atoms with van der Waals surface area (Å²) in [5, 5.41) is 7.57. The highest BCUT2D eigenvalue weighted by Crippen LogP contribution is 2.20. The number of hydrogen-bond acceptors (Lipinski definition) is 4. The van der Waals surface area contributed by atoms with Crippen LogP contribution in [0.5, 0.6) is 0 Å². The standard InChI is InChI=1S/C10H12ClN3O2.ClH/c1-3-14-6(2)7(5-12-14)8-4-9(10(11)15)16-13-8;/h5,9H,3-4H2,1-2H3;1H.